The summed E-state index contributed by atoms with van der Waals surface area (Å²) in [4.78, 5) is 26.9. The lowest BCUT2D eigenvalue weighted by atomic mass is 9.96. The molecule has 0 fully saturated rings. The summed E-state index contributed by atoms with van der Waals surface area (Å²) in [6.07, 6.45) is 5.81. The maximum absolute atomic E-state index is 14.3. The number of H-pyrrole nitrogens is 1. The Kier molecular flexibility index (Phi) is 5.21. The minimum Gasteiger partial charge on any atom is -0.404 e. The summed E-state index contributed by atoms with van der Waals surface area (Å²) < 4.78 is 28.0. The van der Waals surface area contributed by atoms with Gasteiger partial charge in [0.15, 0.2) is 17.4 Å². The van der Waals surface area contributed by atoms with Crippen LogP contribution in [0.15, 0.2) is 61.2 Å². The Morgan fingerprint density at radius 1 is 1.13 bits per heavy atom. The van der Waals surface area contributed by atoms with E-state index in [2.05, 4.69) is 15.0 Å². The number of anilines is 1. The normalized spacial score (nSPS) is 11.7. The smallest absolute Gasteiger partial charge is 0.197 e. The first-order valence-electron chi connectivity index (χ1n) is 9.42. The van der Waals surface area contributed by atoms with Gasteiger partial charge in [0.2, 0.25) is 0 Å². The number of aromatic amines is 1. The van der Waals surface area contributed by atoms with Crippen molar-refractivity contribution in [3.05, 3.63) is 84.0 Å². The van der Waals surface area contributed by atoms with E-state index < -0.39 is 17.4 Å². The fourth-order valence-corrected chi connectivity index (χ4v) is 3.33. The summed E-state index contributed by atoms with van der Waals surface area (Å²) in [5.74, 6) is -2.73. The van der Waals surface area contributed by atoms with Crippen LogP contribution in [-0.4, -0.2) is 34.8 Å². The third kappa shape index (κ3) is 3.63. The predicted octanol–water partition coefficient (Wildman–Crippen LogP) is 4.15. The van der Waals surface area contributed by atoms with Crippen LogP contribution in [0, 0.1) is 11.6 Å². The Hall–Kier alpha value is -4.07. The summed E-state index contributed by atoms with van der Waals surface area (Å²) in [6.45, 7) is 0. The number of ketones is 1. The molecular weight excluding hydrogens is 400 g/mol. The number of hydrogen-bond acceptors (Lipinski definition) is 5. The van der Waals surface area contributed by atoms with Crippen LogP contribution in [-0.2, 0) is 0 Å². The number of hydrogen-bond donors (Lipinski definition) is 2. The van der Waals surface area contributed by atoms with Crippen LogP contribution in [0.5, 0.6) is 0 Å². The van der Waals surface area contributed by atoms with Crippen LogP contribution in [0.4, 0.5) is 14.5 Å². The van der Waals surface area contributed by atoms with Crippen molar-refractivity contribution in [3.63, 3.8) is 0 Å². The Bertz CT molecular complexity index is 1330. The highest BCUT2D eigenvalue weighted by atomic mass is 19.2. The van der Waals surface area contributed by atoms with Gasteiger partial charge in [-0.2, -0.15) is 0 Å². The fourth-order valence-electron chi connectivity index (χ4n) is 3.33. The van der Waals surface area contributed by atoms with Gasteiger partial charge in [0.05, 0.1) is 5.69 Å². The number of fused-ring (bicyclic) bond motifs is 1. The quantitative estimate of drug-likeness (QED) is 0.375. The molecule has 0 unspecified atom stereocenters. The number of carbonyl (C=O) groups is 1. The lowest BCUT2D eigenvalue weighted by Crippen LogP contribution is -2.08. The van der Waals surface area contributed by atoms with Gasteiger partial charge in [0, 0.05) is 72.2 Å². The molecule has 4 aromatic rings. The highest BCUT2D eigenvalue weighted by Gasteiger charge is 2.22. The molecule has 0 radical (unpaired) electrons. The molecule has 3 N–H and O–H groups in total. The van der Waals surface area contributed by atoms with E-state index in [0.29, 0.717) is 22.3 Å². The monoisotopic (exact) mass is 419 g/mol. The molecule has 8 heteroatoms. The Morgan fingerprint density at radius 2 is 1.94 bits per heavy atom. The van der Waals surface area contributed by atoms with Gasteiger partial charge < -0.3 is 15.6 Å². The molecule has 0 amide bonds. The average Bonchev–Trinajstić information content (AvgIpc) is 3.20. The molecule has 0 aliphatic rings. The van der Waals surface area contributed by atoms with Crippen molar-refractivity contribution in [3.8, 4) is 11.3 Å². The molecule has 0 saturated heterocycles. The molecule has 0 bridgehead atoms. The SMILES string of the molecule is CN(C)c1ccnc(-c2cnc3[nH]cc(C(=O)C(=CN)c4cccc(F)c4F)c3c2)c1. The van der Waals surface area contributed by atoms with E-state index >= 15 is 0 Å². The summed E-state index contributed by atoms with van der Waals surface area (Å²) in [5, 5.41) is 0.524. The predicted molar refractivity (Wildman–Crippen MR) is 117 cm³/mol. The molecule has 1 aromatic carbocycles. The zero-order chi connectivity index (χ0) is 22.1. The van der Waals surface area contributed by atoms with E-state index in [-0.39, 0.29) is 16.7 Å². The first kappa shape index (κ1) is 20.2. The highest BCUT2D eigenvalue weighted by molar-refractivity contribution is 6.32. The number of carbonyl (C=O) groups excluding carboxylic acids is 1. The third-order valence-corrected chi connectivity index (χ3v) is 4.98. The summed E-state index contributed by atoms with van der Waals surface area (Å²) in [5.41, 5.74) is 8.36. The fraction of sp³-hybridized carbons (Fsp3) is 0.0870. The molecule has 0 aliphatic carbocycles. The van der Waals surface area contributed by atoms with Crippen molar-refractivity contribution in [2.75, 3.05) is 19.0 Å². The second-order valence-corrected chi connectivity index (χ2v) is 7.13. The maximum atomic E-state index is 14.3. The molecule has 31 heavy (non-hydrogen) atoms. The molecule has 156 valence electrons. The van der Waals surface area contributed by atoms with Gasteiger partial charge in [0.1, 0.15) is 5.65 Å². The van der Waals surface area contributed by atoms with Crippen molar-refractivity contribution in [2.45, 2.75) is 0 Å². The van der Waals surface area contributed by atoms with Gasteiger partial charge in [-0.15, -0.1) is 0 Å². The number of nitrogens with two attached hydrogens (primary N) is 1. The number of aromatic nitrogens is 3. The van der Waals surface area contributed by atoms with Crippen LogP contribution >= 0.6 is 0 Å². The molecule has 0 spiro atoms. The molecule has 6 nitrogen and oxygen atoms in total. The van der Waals surface area contributed by atoms with Crippen molar-refractivity contribution in [2.24, 2.45) is 5.73 Å². The number of nitrogens with zero attached hydrogens (tertiary/aromatic N) is 3. The topological polar surface area (TPSA) is 87.9 Å². The summed E-state index contributed by atoms with van der Waals surface area (Å²) >= 11 is 0. The average molecular weight is 419 g/mol. The Labute approximate surface area is 177 Å². The number of allylic oxidation sites excluding steroid dienone is 1. The summed E-state index contributed by atoms with van der Waals surface area (Å²) in [6, 6.07) is 9.18. The summed E-state index contributed by atoms with van der Waals surface area (Å²) in [7, 11) is 3.85. The van der Waals surface area contributed by atoms with Gasteiger partial charge >= 0.3 is 0 Å². The van der Waals surface area contributed by atoms with Crippen molar-refractivity contribution in [1.82, 2.24) is 15.0 Å². The number of Topliss-reactive ketones (excluding diaryl/α,β-unsaturated/α-hetero) is 1. The van der Waals surface area contributed by atoms with Crippen LogP contribution in [0.2, 0.25) is 0 Å². The van der Waals surface area contributed by atoms with Crippen molar-refractivity contribution < 1.29 is 13.6 Å². The second kappa shape index (κ2) is 7.98. The van der Waals surface area contributed by atoms with Crippen molar-refractivity contribution in [1.29, 1.82) is 0 Å². The lowest BCUT2D eigenvalue weighted by molar-refractivity contribution is 0.105. The lowest BCUT2D eigenvalue weighted by Gasteiger charge is -2.13. The first-order chi connectivity index (χ1) is 14.9. The second-order valence-electron chi connectivity index (χ2n) is 7.13. The number of pyridine rings is 2. The minimum atomic E-state index is -1.13. The molecule has 3 aromatic heterocycles. The molecule has 0 aliphatic heterocycles. The van der Waals surface area contributed by atoms with Crippen LogP contribution in [0.3, 0.4) is 0 Å². The van der Waals surface area contributed by atoms with E-state index in [1.807, 2.05) is 31.1 Å². The van der Waals surface area contributed by atoms with Gasteiger partial charge in [-0.25, -0.2) is 13.8 Å². The van der Waals surface area contributed by atoms with Crippen LogP contribution in [0.25, 0.3) is 27.9 Å². The molecule has 0 atom stereocenters. The number of benzene rings is 1. The zero-order valence-electron chi connectivity index (χ0n) is 16.9. The van der Waals surface area contributed by atoms with Gasteiger partial charge in [-0.1, -0.05) is 12.1 Å². The molecule has 3 heterocycles. The number of rotatable bonds is 5. The molecule has 4 rings (SSSR count). The zero-order valence-corrected chi connectivity index (χ0v) is 16.9. The number of halogens is 2. The Balaban J connectivity index is 1.80. The maximum Gasteiger partial charge on any atom is 0.197 e. The van der Waals surface area contributed by atoms with E-state index in [9.17, 15) is 13.6 Å². The van der Waals surface area contributed by atoms with Gasteiger partial charge in [-0.05, 0) is 24.3 Å². The van der Waals surface area contributed by atoms with E-state index in [0.717, 1.165) is 18.0 Å². The highest BCUT2D eigenvalue weighted by Crippen LogP contribution is 2.29. The standard InChI is InChI=1S/C23H19F2N5O/c1-30(2)14-6-7-27-20(9-14)13-8-16-18(12-29-23(16)28-11-13)22(31)17(10-26)15-4-3-5-19(24)21(15)25/h3-12H,26H2,1-2H3,(H,28,29). The van der Waals surface area contributed by atoms with Crippen LogP contribution in [0.1, 0.15) is 15.9 Å². The number of nitrogens with one attached hydrogen (secondary N) is 1. The third-order valence-electron chi connectivity index (χ3n) is 4.98. The Morgan fingerprint density at radius 3 is 2.68 bits per heavy atom. The van der Waals surface area contributed by atoms with E-state index in [1.165, 1.54) is 18.3 Å². The van der Waals surface area contributed by atoms with Crippen molar-refractivity contribution >= 4 is 28.1 Å². The van der Waals surface area contributed by atoms with E-state index in [1.54, 1.807) is 18.5 Å². The largest absolute Gasteiger partial charge is 0.404 e. The van der Waals surface area contributed by atoms with Gasteiger partial charge in [-0.3, -0.25) is 9.78 Å². The van der Waals surface area contributed by atoms with E-state index in [4.69, 9.17) is 5.73 Å². The minimum absolute atomic E-state index is 0.143. The molecular formula is C23H19F2N5O. The first-order valence-corrected chi connectivity index (χ1v) is 9.42. The molecule has 0 saturated carbocycles. The van der Waals surface area contributed by atoms with Crippen LogP contribution < -0.4 is 10.6 Å². The van der Waals surface area contributed by atoms with Gasteiger partial charge in [0.25, 0.3) is 0 Å².